The quantitative estimate of drug-likeness (QED) is 0.837. The van der Waals surface area contributed by atoms with Crippen molar-refractivity contribution in [1.29, 1.82) is 0 Å². The zero-order valence-corrected chi connectivity index (χ0v) is 12.6. The van der Waals surface area contributed by atoms with Crippen LogP contribution in [0.2, 0.25) is 0 Å². The van der Waals surface area contributed by atoms with E-state index < -0.39 is 0 Å². The van der Waals surface area contributed by atoms with E-state index in [1.165, 1.54) is 11.3 Å². The van der Waals surface area contributed by atoms with Gasteiger partial charge in [0.2, 0.25) is 5.88 Å². The zero-order valence-electron chi connectivity index (χ0n) is 11.8. The van der Waals surface area contributed by atoms with Crippen molar-refractivity contribution in [2.75, 3.05) is 19.0 Å². The molecule has 0 bridgehead atoms. The van der Waals surface area contributed by atoms with Gasteiger partial charge in [-0.2, -0.15) is 4.98 Å². The van der Waals surface area contributed by atoms with E-state index in [0.29, 0.717) is 29.9 Å². The number of nitrogens with one attached hydrogen (secondary N) is 1. The zero-order chi connectivity index (χ0) is 15.1. The maximum Gasteiger partial charge on any atom is 0.264 e. The van der Waals surface area contributed by atoms with E-state index >= 15 is 0 Å². The second-order valence-electron chi connectivity index (χ2n) is 4.07. The molecule has 112 valence electrons. The number of rotatable bonds is 7. The molecule has 0 unspecified atom stereocenters. The highest BCUT2D eigenvalue weighted by atomic mass is 32.1. The van der Waals surface area contributed by atoms with Gasteiger partial charge in [0.1, 0.15) is 5.82 Å². The maximum absolute atomic E-state index is 11.7. The van der Waals surface area contributed by atoms with E-state index in [9.17, 15) is 4.79 Å². The van der Waals surface area contributed by atoms with E-state index in [-0.39, 0.29) is 12.5 Å². The number of amides is 1. The Bertz CT molecular complexity index is 589. The van der Waals surface area contributed by atoms with Crippen molar-refractivity contribution < 1.29 is 14.3 Å². The van der Waals surface area contributed by atoms with Gasteiger partial charge < -0.3 is 9.47 Å². The second kappa shape index (κ2) is 7.65. The number of hydrogen-bond donors (Lipinski definition) is 1. The minimum atomic E-state index is -0.282. The van der Waals surface area contributed by atoms with E-state index in [2.05, 4.69) is 20.3 Å². The Morgan fingerprint density at radius 2 is 2.29 bits per heavy atom. The molecule has 0 aromatic carbocycles. The van der Waals surface area contributed by atoms with Crippen LogP contribution in [0.25, 0.3) is 0 Å². The van der Waals surface area contributed by atoms with Crippen LogP contribution in [-0.2, 0) is 22.6 Å². The standard InChI is InChI=1S/C13H16N4O3S/c1-3-10-15-9(7-19-2)6-12(16-10)20-8-11(18)17-13-14-4-5-21-13/h4-6H,3,7-8H2,1-2H3,(H,14,17,18). The smallest absolute Gasteiger partial charge is 0.264 e. The summed E-state index contributed by atoms with van der Waals surface area (Å²) in [6.45, 7) is 2.19. The summed E-state index contributed by atoms with van der Waals surface area (Å²) in [5, 5.41) is 4.96. The molecule has 7 nitrogen and oxygen atoms in total. The van der Waals surface area contributed by atoms with E-state index in [0.717, 1.165) is 5.69 Å². The van der Waals surface area contributed by atoms with Crippen LogP contribution < -0.4 is 10.1 Å². The fraction of sp³-hybridized carbons (Fsp3) is 0.385. The van der Waals surface area contributed by atoms with E-state index in [4.69, 9.17) is 9.47 Å². The van der Waals surface area contributed by atoms with Gasteiger partial charge in [-0.15, -0.1) is 11.3 Å². The first-order valence-electron chi connectivity index (χ1n) is 6.39. The van der Waals surface area contributed by atoms with Crippen LogP contribution in [0, 0.1) is 0 Å². The number of aromatic nitrogens is 3. The summed E-state index contributed by atoms with van der Waals surface area (Å²) in [7, 11) is 1.59. The number of ether oxygens (including phenoxy) is 2. The molecule has 0 aliphatic carbocycles. The van der Waals surface area contributed by atoms with Gasteiger partial charge in [-0.1, -0.05) is 6.92 Å². The number of carbonyl (C=O) groups excluding carboxylic acids is 1. The highest BCUT2D eigenvalue weighted by Crippen LogP contribution is 2.12. The fourth-order valence-electron chi connectivity index (χ4n) is 1.56. The highest BCUT2D eigenvalue weighted by molar-refractivity contribution is 7.13. The van der Waals surface area contributed by atoms with Gasteiger partial charge in [-0.3, -0.25) is 10.1 Å². The largest absolute Gasteiger partial charge is 0.467 e. The molecular weight excluding hydrogens is 292 g/mol. The number of anilines is 1. The number of methoxy groups -OCH3 is 1. The number of carbonyl (C=O) groups is 1. The average Bonchev–Trinajstić information content (AvgIpc) is 2.98. The third-order valence-corrected chi connectivity index (χ3v) is 3.13. The van der Waals surface area contributed by atoms with Crippen LogP contribution >= 0.6 is 11.3 Å². The van der Waals surface area contributed by atoms with Gasteiger partial charge >= 0.3 is 0 Å². The number of aryl methyl sites for hydroxylation is 1. The molecule has 8 heteroatoms. The summed E-state index contributed by atoms with van der Waals surface area (Å²) in [5.41, 5.74) is 0.722. The minimum Gasteiger partial charge on any atom is -0.467 e. The monoisotopic (exact) mass is 308 g/mol. The summed E-state index contributed by atoms with van der Waals surface area (Å²) in [6.07, 6.45) is 2.30. The first-order valence-corrected chi connectivity index (χ1v) is 7.27. The summed E-state index contributed by atoms with van der Waals surface area (Å²) in [6, 6.07) is 1.67. The van der Waals surface area contributed by atoms with Crippen molar-refractivity contribution in [1.82, 2.24) is 15.0 Å². The Morgan fingerprint density at radius 3 is 2.95 bits per heavy atom. The summed E-state index contributed by atoms with van der Waals surface area (Å²) in [4.78, 5) is 24.2. The Hall–Kier alpha value is -2.06. The van der Waals surface area contributed by atoms with Crippen molar-refractivity contribution >= 4 is 22.4 Å². The molecule has 0 atom stereocenters. The van der Waals surface area contributed by atoms with Crippen molar-refractivity contribution in [3.63, 3.8) is 0 Å². The van der Waals surface area contributed by atoms with Gasteiger partial charge in [0.25, 0.3) is 5.91 Å². The molecule has 0 radical (unpaired) electrons. The Balaban J connectivity index is 1.95. The number of nitrogens with zero attached hydrogens (tertiary/aromatic N) is 3. The Kier molecular flexibility index (Phi) is 5.59. The average molecular weight is 308 g/mol. The van der Waals surface area contributed by atoms with Gasteiger partial charge in [-0.05, 0) is 0 Å². The van der Waals surface area contributed by atoms with Crippen LogP contribution in [0.15, 0.2) is 17.6 Å². The van der Waals surface area contributed by atoms with E-state index in [1.807, 2.05) is 6.92 Å². The molecule has 21 heavy (non-hydrogen) atoms. The molecule has 0 fully saturated rings. The third kappa shape index (κ3) is 4.76. The van der Waals surface area contributed by atoms with Gasteiger partial charge in [0, 0.05) is 31.2 Å². The second-order valence-corrected chi connectivity index (χ2v) is 4.97. The topological polar surface area (TPSA) is 86.2 Å². The SMILES string of the molecule is CCc1nc(COC)cc(OCC(=O)Nc2nccs2)n1. The predicted octanol–water partition coefficient (Wildman–Crippen LogP) is 1.66. The molecule has 1 amide bonds. The third-order valence-electron chi connectivity index (χ3n) is 2.44. The molecule has 0 aliphatic rings. The lowest BCUT2D eigenvalue weighted by molar-refractivity contribution is -0.118. The molecular formula is C13H16N4O3S. The lowest BCUT2D eigenvalue weighted by Crippen LogP contribution is -2.20. The molecule has 2 aromatic rings. The van der Waals surface area contributed by atoms with Crippen LogP contribution in [0.3, 0.4) is 0 Å². The van der Waals surface area contributed by atoms with Crippen molar-refractivity contribution in [2.45, 2.75) is 20.0 Å². The van der Waals surface area contributed by atoms with Gasteiger partial charge in [0.05, 0.1) is 12.3 Å². The predicted molar refractivity (Wildman–Crippen MR) is 78.4 cm³/mol. The molecule has 0 saturated carbocycles. The molecule has 0 spiro atoms. The maximum atomic E-state index is 11.7. The van der Waals surface area contributed by atoms with Gasteiger partial charge in [-0.25, -0.2) is 9.97 Å². The molecule has 1 N–H and O–H groups in total. The normalized spacial score (nSPS) is 10.4. The molecule has 2 heterocycles. The summed E-state index contributed by atoms with van der Waals surface area (Å²) < 4.78 is 10.5. The van der Waals surface area contributed by atoms with Crippen LogP contribution in [0.1, 0.15) is 18.4 Å². The van der Waals surface area contributed by atoms with Gasteiger partial charge in [0.15, 0.2) is 11.7 Å². The number of hydrogen-bond acceptors (Lipinski definition) is 7. The van der Waals surface area contributed by atoms with Crippen molar-refractivity contribution in [3.8, 4) is 5.88 Å². The number of thiazole rings is 1. The van der Waals surface area contributed by atoms with E-state index in [1.54, 1.807) is 24.8 Å². The van der Waals surface area contributed by atoms with Crippen LogP contribution in [-0.4, -0.2) is 34.6 Å². The summed E-state index contributed by atoms with van der Waals surface area (Å²) in [5.74, 6) is 0.734. The Morgan fingerprint density at radius 1 is 1.43 bits per heavy atom. The lowest BCUT2D eigenvalue weighted by atomic mass is 10.3. The molecule has 2 aromatic heterocycles. The lowest BCUT2D eigenvalue weighted by Gasteiger charge is -2.08. The Labute approximate surface area is 126 Å². The molecule has 0 aliphatic heterocycles. The highest BCUT2D eigenvalue weighted by Gasteiger charge is 2.08. The van der Waals surface area contributed by atoms with Crippen LogP contribution in [0.5, 0.6) is 5.88 Å². The molecule has 2 rings (SSSR count). The first kappa shape index (κ1) is 15.3. The van der Waals surface area contributed by atoms with Crippen molar-refractivity contribution in [3.05, 3.63) is 29.2 Å². The fourth-order valence-corrected chi connectivity index (χ4v) is 2.10. The van der Waals surface area contributed by atoms with Crippen molar-refractivity contribution in [2.24, 2.45) is 0 Å². The molecule has 0 saturated heterocycles. The summed E-state index contributed by atoms with van der Waals surface area (Å²) >= 11 is 1.35. The first-order chi connectivity index (χ1) is 10.2. The minimum absolute atomic E-state index is 0.133. The van der Waals surface area contributed by atoms with Crippen LogP contribution in [0.4, 0.5) is 5.13 Å².